The van der Waals surface area contributed by atoms with Crippen LogP contribution in [-0.4, -0.2) is 28.5 Å². The van der Waals surface area contributed by atoms with E-state index in [9.17, 15) is 9.59 Å². The Bertz CT molecular complexity index is 528. The van der Waals surface area contributed by atoms with E-state index in [2.05, 4.69) is 10.3 Å². The van der Waals surface area contributed by atoms with E-state index in [0.29, 0.717) is 11.4 Å². The molecule has 1 aliphatic rings. The minimum Gasteiger partial charge on any atom is -0.481 e. The van der Waals surface area contributed by atoms with Crippen molar-refractivity contribution in [3.63, 3.8) is 0 Å². The van der Waals surface area contributed by atoms with Crippen LogP contribution in [0.3, 0.4) is 0 Å². The van der Waals surface area contributed by atoms with Gasteiger partial charge < -0.3 is 16.2 Å². The van der Waals surface area contributed by atoms with E-state index in [-0.39, 0.29) is 6.54 Å². The van der Waals surface area contributed by atoms with Gasteiger partial charge in [-0.2, -0.15) is 0 Å². The topological polar surface area (TPSA) is 105 Å². The number of primary amides is 1. The van der Waals surface area contributed by atoms with Gasteiger partial charge in [0.2, 0.25) is 0 Å². The van der Waals surface area contributed by atoms with Crippen LogP contribution in [0.15, 0.2) is 6.07 Å². The number of aryl methyl sites for hydroxylation is 2. The van der Waals surface area contributed by atoms with Gasteiger partial charge in [-0.15, -0.1) is 0 Å². The molecular weight excluding hydrogens is 246 g/mol. The van der Waals surface area contributed by atoms with E-state index in [4.69, 9.17) is 10.8 Å². The van der Waals surface area contributed by atoms with Crippen molar-refractivity contribution in [2.45, 2.75) is 26.2 Å². The molecule has 19 heavy (non-hydrogen) atoms. The summed E-state index contributed by atoms with van der Waals surface area (Å²) >= 11 is 0. The second kappa shape index (κ2) is 5.26. The first-order valence-electron chi connectivity index (χ1n) is 6.28. The fourth-order valence-corrected chi connectivity index (χ4v) is 2.13. The molecule has 1 aliphatic carbocycles. The van der Waals surface area contributed by atoms with Crippen LogP contribution in [0.4, 0.5) is 5.82 Å². The summed E-state index contributed by atoms with van der Waals surface area (Å²) in [5.74, 6) is -1.61. The number of rotatable bonds is 5. The van der Waals surface area contributed by atoms with Crippen LogP contribution in [-0.2, 0) is 17.6 Å². The molecular formula is C13H17N3O3. The number of fused-ring (bicyclic) bond motifs is 1. The summed E-state index contributed by atoms with van der Waals surface area (Å²) in [5.41, 5.74) is 7.70. The Morgan fingerprint density at radius 1 is 1.53 bits per heavy atom. The lowest BCUT2D eigenvalue weighted by atomic mass is 10.1. The Hall–Kier alpha value is -2.11. The molecule has 0 radical (unpaired) electrons. The van der Waals surface area contributed by atoms with E-state index in [0.717, 1.165) is 30.5 Å². The molecule has 1 aromatic heterocycles. The standard InChI is InChI=1S/C13H17N3O3/c1-7(13(18)19)6-15-12-9(11(14)17)5-8-3-2-4-10(8)16-12/h5,7H,2-4,6H2,1H3,(H2,14,17)(H,15,16)(H,18,19). The summed E-state index contributed by atoms with van der Waals surface area (Å²) in [6.45, 7) is 1.80. The number of nitrogens with two attached hydrogens (primary N) is 1. The van der Waals surface area contributed by atoms with E-state index in [1.54, 1.807) is 13.0 Å². The fourth-order valence-electron chi connectivity index (χ4n) is 2.13. The molecule has 0 saturated heterocycles. The molecule has 0 spiro atoms. The Balaban J connectivity index is 2.23. The van der Waals surface area contributed by atoms with Crippen molar-refractivity contribution in [2.75, 3.05) is 11.9 Å². The molecule has 1 amide bonds. The van der Waals surface area contributed by atoms with E-state index >= 15 is 0 Å². The number of hydrogen-bond acceptors (Lipinski definition) is 4. The molecule has 4 N–H and O–H groups in total. The predicted octanol–water partition coefficient (Wildman–Crippen LogP) is 0.802. The number of pyridine rings is 1. The van der Waals surface area contributed by atoms with Crippen LogP contribution in [0.25, 0.3) is 0 Å². The molecule has 1 atom stereocenters. The highest BCUT2D eigenvalue weighted by atomic mass is 16.4. The largest absolute Gasteiger partial charge is 0.481 e. The molecule has 1 heterocycles. The van der Waals surface area contributed by atoms with Crippen molar-refractivity contribution < 1.29 is 14.7 Å². The summed E-state index contributed by atoms with van der Waals surface area (Å²) in [7, 11) is 0. The van der Waals surface area contributed by atoms with Gasteiger partial charge in [0.25, 0.3) is 5.91 Å². The van der Waals surface area contributed by atoms with E-state index in [1.807, 2.05) is 0 Å². The summed E-state index contributed by atoms with van der Waals surface area (Å²) in [6, 6.07) is 1.77. The summed E-state index contributed by atoms with van der Waals surface area (Å²) in [4.78, 5) is 26.6. The zero-order chi connectivity index (χ0) is 14.0. The lowest BCUT2D eigenvalue weighted by Crippen LogP contribution is -2.23. The monoisotopic (exact) mass is 263 g/mol. The minimum atomic E-state index is -0.894. The van der Waals surface area contributed by atoms with Crippen molar-refractivity contribution >= 4 is 17.7 Å². The van der Waals surface area contributed by atoms with Gasteiger partial charge in [0.15, 0.2) is 0 Å². The molecule has 1 aromatic rings. The highest BCUT2D eigenvalue weighted by Crippen LogP contribution is 2.25. The van der Waals surface area contributed by atoms with Crippen molar-refractivity contribution in [1.82, 2.24) is 4.98 Å². The minimum absolute atomic E-state index is 0.210. The highest BCUT2D eigenvalue weighted by Gasteiger charge is 2.20. The van der Waals surface area contributed by atoms with Crippen LogP contribution in [0, 0.1) is 5.92 Å². The second-order valence-corrected chi connectivity index (χ2v) is 4.83. The van der Waals surface area contributed by atoms with Crippen LogP contribution >= 0.6 is 0 Å². The van der Waals surface area contributed by atoms with Crippen molar-refractivity contribution in [1.29, 1.82) is 0 Å². The molecule has 6 nitrogen and oxygen atoms in total. The van der Waals surface area contributed by atoms with E-state index in [1.165, 1.54) is 0 Å². The van der Waals surface area contributed by atoms with Crippen molar-refractivity contribution in [3.05, 3.63) is 22.9 Å². The normalized spacial score (nSPS) is 14.8. The molecule has 0 fully saturated rings. The first-order valence-corrected chi connectivity index (χ1v) is 6.28. The molecule has 0 aliphatic heterocycles. The zero-order valence-electron chi connectivity index (χ0n) is 10.8. The average Bonchev–Trinajstić information content (AvgIpc) is 2.81. The van der Waals surface area contributed by atoms with Crippen LogP contribution < -0.4 is 11.1 Å². The maximum atomic E-state index is 11.4. The number of nitrogens with one attached hydrogen (secondary N) is 1. The van der Waals surface area contributed by atoms with Gasteiger partial charge in [-0.25, -0.2) is 4.98 Å². The Kier molecular flexibility index (Phi) is 3.69. The maximum absolute atomic E-state index is 11.4. The van der Waals surface area contributed by atoms with Gasteiger partial charge in [-0.1, -0.05) is 6.92 Å². The van der Waals surface area contributed by atoms with Crippen LogP contribution in [0.2, 0.25) is 0 Å². The smallest absolute Gasteiger partial charge is 0.308 e. The molecule has 1 unspecified atom stereocenters. The van der Waals surface area contributed by atoms with Crippen molar-refractivity contribution in [3.8, 4) is 0 Å². The molecule has 102 valence electrons. The number of aliphatic carboxylic acids is 1. The lowest BCUT2D eigenvalue weighted by molar-refractivity contribution is -0.140. The number of carbonyl (C=O) groups is 2. The number of carboxylic acid groups (broad SMARTS) is 1. The van der Waals surface area contributed by atoms with Gasteiger partial charge >= 0.3 is 5.97 Å². The summed E-state index contributed by atoms with van der Waals surface area (Å²) < 4.78 is 0. The van der Waals surface area contributed by atoms with E-state index < -0.39 is 17.8 Å². The first kappa shape index (κ1) is 13.3. The van der Waals surface area contributed by atoms with Crippen LogP contribution in [0.5, 0.6) is 0 Å². The number of hydrogen-bond donors (Lipinski definition) is 3. The summed E-state index contributed by atoms with van der Waals surface area (Å²) in [6.07, 6.45) is 2.82. The lowest BCUT2D eigenvalue weighted by Gasteiger charge is -2.13. The second-order valence-electron chi connectivity index (χ2n) is 4.83. The van der Waals surface area contributed by atoms with Gasteiger partial charge in [0.05, 0.1) is 11.5 Å². The molecule has 0 aromatic carbocycles. The number of anilines is 1. The highest BCUT2D eigenvalue weighted by molar-refractivity contribution is 5.97. The SMILES string of the molecule is CC(CNc1nc2c(cc1C(N)=O)CCC2)C(=O)O. The van der Waals surface area contributed by atoms with Gasteiger partial charge in [0.1, 0.15) is 5.82 Å². The predicted molar refractivity (Wildman–Crippen MR) is 70.1 cm³/mol. The maximum Gasteiger partial charge on any atom is 0.308 e. The number of aromatic nitrogens is 1. The third-order valence-electron chi connectivity index (χ3n) is 3.31. The van der Waals surface area contributed by atoms with Crippen LogP contribution in [0.1, 0.15) is 35.0 Å². The molecule has 0 saturated carbocycles. The van der Waals surface area contributed by atoms with Gasteiger partial charge in [0, 0.05) is 12.2 Å². The molecule has 2 rings (SSSR count). The number of carboxylic acids is 1. The Morgan fingerprint density at radius 2 is 2.26 bits per heavy atom. The Labute approximate surface area is 111 Å². The van der Waals surface area contributed by atoms with Crippen molar-refractivity contribution in [2.24, 2.45) is 11.7 Å². The first-order chi connectivity index (χ1) is 8.99. The zero-order valence-corrected chi connectivity index (χ0v) is 10.8. The van der Waals surface area contributed by atoms with Gasteiger partial charge in [-0.3, -0.25) is 9.59 Å². The Morgan fingerprint density at radius 3 is 2.89 bits per heavy atom. The number of amides is 1. The molecule has 6 heteroatoms. The average molecular weight is 263 g/mol. The fraction of sp³-hybridized carbons (Fsp3) is 0.462. The quantitative estimate of drug-likeness (QED) is 0.728. The third-order valence-corrected chi connectivity index (χ3v) is 3.31. The molecule has 0 bridgehead atoms. The number of nitrogens with zero attached hydrogens (tertiary/aromatic N) is 1. The van der Waals surface area contributed by atoms with Gasteiger partial charge in [-0.05, 0) is 30.9 Å². The number of carbonyl (C=O) groups excluding carboxylic acids is 1. The summed E-state index contributed by atoms with van der Waals surface area (Å²) in [5, 5.41) is 11.8. The third kappa shape index (κ3) is 2.83.